The molecule has 3 aliphatic heterocycles. The van der Waals surface area contributed by atoms with Gasteiger partial charge in [0.1, 0.15) is 36.3 Å². The maximum absolute atomic E-state index is 14.4. The Balaban J connectivity index is 1.72. The number of fused-ring (bicyclic) bond motifs is 2. The van der Waals surface area contributed by atoms with Crippen molar-refractivity contribution in [1.29, 1.82) is 0 Å². The third kappa shape index (κ3) is 10.8. The largest absolute Gasteiger partial charge is 0.391 e. The number of carbonyl (C=O) groups excluding carboxylic acids is 6. The minimum Gasteiger partial charge on any atom is -0.391 e. The molecule has 16 heteroatoms. The molecule has 0 spiro atoms. The summed E-state index contributed by atoms with van der Waals surface area (Å²) < 4.78 is 0. The molecule has 286 valence electrons. The van der Waals surface area contributed by atoms with Crippen LogP contribution in [0.15, 0.2) is 4.99 Å². The number of rotatable bonds is 9. The molecule has 0 aromatic rings. The molecule has 7 unspecified atom stereocenters. The molecule has 16 nitrogen and oxygen atoms in total. The molecule has 0 bridgehead atoms. The van der Waals surface area contributed by atoms with Crippen molar-refractivity contribution in [2.75, 3.05) is 19.6 Å². The Morgan fingerprint density at radius 1 is 0.725 bits per heavy atom. The summed E-state index contributed by atoms with van der Waals surface area (Å²) in [5.41, 5.74) is 11.0. The van der Waals surface area contributed by atoms with E-state index in [0.29, 0.717) is 51.5 Å². The van der Waals surface area contributed by atoms with Gasteiger partial charge in [-0.05, 0) is 70.1 Å². The van der Waals surface area contributed by atoms with E-state index < -0.39 is 71.9 Å². The van der Waals surface area contributed by atoms with E-state index in [9.17, 15) is 33.9 Å². The zero-order valence-electron chi connectivity index (χ0n) is 30.4. The van der Waals surface area contributed by atoms with Crippen molar-refractivity contribution in [3.8, 4) is 0 Å². The van der Waals surface area contributed by atoms with Crippen molar-refractivity contribution in [2.45, 2.75) is 147 Å². The van der Waals surface area contributed by atoms with Crippen LogP contribution >= 0.6 is 0 Å². The smallest absolute Gasteiger partial charge is 0.245 e. The van der Waals surface area contributed by atoms with Gasteiger partial charge in [0, 0.05) is 19.6 Å². The Morgan fingerprint density at radius 2 is 1.27 bits per heavy atom. The fraction of sp³-hybridized carbons (Fsp3) is 0.800. The third-order valence-corrected chi connectivity index (χ3v) is 10.5. The molecule has 0 aromatic carbocycles. The number of hydrogen-bond acceptors (Lipinski definition) is 8. The zero-order chi connectivity index (χ0) is 37.2. The predicted octanol–water partition coefficient (Wildman–Crippen LogP) is -0.628. The van der Waals surface area contributed by atoms with Crippen molar-refractivity contribution >= 4 is 41.4 Å². The van der Waals surface area contributed by atoms with E-state index in [1.165, 1.54) is 16.7 Å². The van der Waals surface area contributed by atoms with Crippen LogP contribution in [-0.2, 0) is 28.8 Å². The van der Waals surface area contributed by atoms with E-state index in [2.05, 4.69) is 26.3 Å². The fourth-order valence-electron chi connectivity index (χ4n) is 7.91. The van der Waals surface area contributed by atoms with Crippen LogP contribution in [0.5, 0.6) is 0 Å². The highest BCUT2D eigenvalue weighted by Gasteiger charge is 2.43. The highest BCUT2D eigenvalue weighted by atomic mass is 16.3. The average Bonchev–Trinajstić information content (AvgIpc) is 3.78. The number of carbonyl (C=O) groups is 6. The number of nitrogens with one attached hydrogen (secondary N) is 4. The SMILES string of the molecule is CC(C)CC1NC(=O)C2CCCN2C(=O)C(CC2CCCCC2)NC(=O)C(CCCN=C(N)N)NC(=O)C(C(C)O)NC(=O)C2CCCN2C1=O. The number of aliphatic imine (C=N–C) groups is 1. The molecule has 4 fully saturated rings. The van der Waals surface area contributed by atoms with Crippen molar-refractivity contribution in [3.63, 3.8) is 0 Å². The lowest BCUT2D eigenvalue weighted by atomic mass is 9.84. The lowest BCUT2D eigenvalue weighted by Crippen LogP contribution is -2.62. The number of hydrogen-bond donors (Lipinski definition) is 7. The van der Waals surface area contributed by atoms with Crippen LogP contribution in [0.2, 0.25) is 0 Å². The lowest BCUT2D eigenvalue weighted by Gasteiger charge is -2.34. The summed E-state index contributed by atoms with van der Waals surface area (Å²) in [5, 5.41) is 21.8. The molecular formula is C35H59N9O7. The number of nitrogens with two attached hydrogens (primary N) is 2. The van der Waals surface area contributed by atoms with Crippen molar-refractivity contribution in [3.05, 3.63) is 0 Å². The maximum Gasteiger partial charge on any atom is 0.245 e. The van der Waals surface area contributed by atoms with Crippen LogP contribution in [-0.4, -0.2) is 118 Å². The molecule has 3 saturated heterocycles. The topological polar surface area (TPSA) is 242 Å². The normalized spacial score (nSPS) is 29.7. The average molecular weight is 718 g/mol. The van der Waals surface area contributed by atoms with Crippen molar-refractivity contribution < 1.29 is 33.9 Å². The summed E-state index contributed by atoms with van der Waals surface area (Å²) in [6.07, 6.45) is 6.55. The molecule has 6 amide bonds. The van der Waals surface area contributed by atoms with E-state index in [1.807, 2.05) is 13.8 Å². The number of amides is 6. The fourth-order valence-corrected chi connectivity index (χ4v) is 7.91. The lowest BCUT2D eigenvalue weighted by molar-refractivity contribution is -0.145. The summed E-state index contributed by atoms with van der Waals surface area (Å²) in [7, 11) is 0. The summed E-state index contributed by atoms with van der Waals surface area (Å²) in [6, 6.07) is -6.26. The highest BCUT2D eigenvalue weighted by Crippen LogP contribution is 2.29. The molecular weight excluding hydrogens is 658 g/mol. The van der Waals surface area contributed by atoms with E-state index in [4.69, 9.17) is 11.5 Å². The van der Waals surface area contributed by atoms with Gasteiger partial charge < -0.3 is 47.6 Å². The second-order valence-electron chi connectivity index (χ2n) is 15.1. The molecule has 1 aliphatic carbocycles. The van der Waals surface area contributed by atoms with Gasteiger partial charge in [-0.2, -0.15) is 0 Å². The molecule has 0 radical (unpaired) electrons. The maximum atomic E-state index is 14.4. The number of nitrogens with zero attached hydrogens (tertiary/aromatic N) is 3. The van der Waals surface area contributed by atoms with Gasteiger partial charge >= 0.3 is 0 Å². The Kier molecular flexibility index (Phi) is 14.5. The summed E-state index contributed by atoms with van der Waals surface area (Å²) >= 11 is 0. The van der Waals surface area contributed by atoms with Crippen molar-refractivity contribution in [1.82, 2.24) is 31.1 Å². The Morgan fingerprint density at radius 3 is 1.84 bits per heavy atom. The first-order valence-corrected chi connectivity index (χ1v) is 18.8. The second kappa shape index (κ2) is 18.5. The van der Waals surface area contributed by atoms with Crippen LogP contribution in [0.25, 0.3) is 0 Å². The number of aliphatic hydroxyl groups excluding tert-OH is 1. The van der Waals surface area contributed by atoms with Crippen LogP contribution in [0.4, 0.5) is 0 Å². The standard InChI is InChI=1S/C35H59N9O7/c1-20(2)18-24-33(50)44-17-9-14-27(44)31(48)42-28(21(3)45)32(49)39-23(12-7-15-38-35(36)37)29(46)40-25(19-22-10-5-4-6-11-22)34(51)43-16-8-13-26(43)30(47)41-24/h20-28,45H,4-19H2,1-3H3,(H,39,49)(H,40,46)(H,41,47)(H,42,48)(H4,36,37,38). The molecule has 9 N–H and O–H groups in total. The number of guanidine groups is 1. The van der Waals surface area contributed by atoms with Gasteiger partial charge in [-0.1, -0.05) is 46.0 Å². The minimum absolute atomic E-state index is 0.0270. The summed E-state index contributed by atoms with van der Waals surface area (Å²) in [5.74, 6) is -3.16. The molecule has 1 saturated carbocycles. The molecule has 3 heterocycles. The Labute approximate surface area is 300 Å². The van der Waals surface area contributed by atoms with E-state index >= 15 is 0 Å². The van der Waals surface area contributed by atoms with E-state index in [-0.39, 0.29) is 43.2 Å². The highest BCUT2D eigenvalue weighted by molar-refractivity contribution is 5.98. The molecule has 0 aromatic heterocycles. The quantitative estimate of drug-likeness (QED) is 0.0912. The third-order valence-electron chi connectivity index (χ3n) is 10.5. The van der Waals surface area contributed by atoms with Gasteiger partial charge in [-0.3, -0.25) is 33.8 Å². The first-order chi connectivity index (χ1) is 24.3. The van der Waals surface area contributed by atoms with Gasteiger partial charge in [0.15, 0.2) is 5.96 Å². The first-order valence-electron chi connectivity index (χ1n) is 18.8. The summed E-state index contributed by atoms with van der Waals surface area (Å²) in [4.78, 5) is 90.8. The van der Waals surface area contributed by atoms with Crippen molar-refractivity contribution in [2.24, 2.45) is 28.3 Å². The van der Waals surface area contributed by atoms with Crippen LogP contribution < -0.4 is 32.7 Å². The first kappa shape index (κ1) is 39.8. The monoisotopic (exact) mass is 717 g/mol. The molecule has 4 aliphatic rings. The van der Waals surface area contributed by atoms with Crippen LogP contribution in [0, 0.1) is 11.8 Å². The zero-order valence-corrected chi connectivity index (χ0v) is 30.4. The van der Waals surface area contributed by atoms with Crippen LogP contribution in [0.1, 0.15) is 104 Å². The minimum atomic E-state index is -1.45. The van der Waals surface area contributed by atoms with Gasteiger partial charge in [0.05, 0.1) is 6.10 Å². The van der Waals surface area contributed by atoms with E-state index in [0.717, 1.165) is 32.1 Å². The van der Waals surface area contributed by atoms with Gasteiger partial charge in [-0.25, -0.2) is 0 Å². The van der Waals surface area contributed by atoms with Gasteiger partial charge in [-0.15, -0.1) is 0 Å². The Hall–Kier alpha value is -3.95. The summed E-state index contributed by atoms with van der Waals surface area (Å²) in [6.45, 7) is 5.99. The molecule has 7 atom stereocenters. The Bertz CT molecular complexity index is 1300. The number of aliphatic hydroxyl groups is 1. The van der Waals surface area contributed by atoms with Gasteiger partial charge in [0.2, 0.25) is 35.4 Å². The van der Waals surface area contributed by atoms with Gasteiger partial charge in [0.25, 0.3) is 0 Å². The van der Waals surface area contributed by atoms with E-state index in [1.54, 1.807) is 0 Å². The van der Waals surface area contributed by atoms with Crippen LogP contribution in [0.3, 0.4) is 0 Å². The molecule has 4 rings (SSSR count). The predicted molar refractivity (Wildman–Crippen MR) is 189 cm³/mol. The second-order valence-corrected chi connectivity index (χ2v) is 15.1. The molecule has 51 heavy (non-hydrogen) atoms.